The number of unbranched alkanes of at least 4 members (excludes halogenated alkanes) is 1. The predicted octanol–water partition coefficient (Wildman–Crippen LogP) is -1.49. The first-order valence-corrected chi connectivity index (χ1v) is 28.1. The highest BCUT2D eigenvalue weighted by molar-refractivity contribution is 5.99. The monoisotopic (exact) mass is 1180 g/mol. The zero-order chi connectivity index (χ0) is 62.3. The second-order valence-electron chi connectivity index (χ2n) is 21.4. The van der Waals surface area contributed by atoms with Gasteiger partial charge in [0.15, 0.2) is 0 Å². The van der Waals surface area contributed by atoms with Crippen LogP contribution in [-0.4, -0.2) is 163 Å². The minimum atomic E-state index is -1.74. The molecule has 0 unspecified atom stereocenters. The number of hydrogen-bond donors (Lipinski definition) is 16. The molecule has 0 bridgehead atoms. The normalized spacial score (nSPS) is 14.9. The number of benzene rings is 2. The predicted molar refractivity (Wildman–Crippen MR) is 311 cm³/mol. The van der Waals surface area contributed by atoms with E-state index >= 15 is 0 Å². The van der Waals surface area contributed by atoms with E-state index < -0.39 is 139 Å². The summed E-state index contributed by atoms with van der Waals surface area (Å²) in [6.07, 6.45) is 4.07. The number of carbonyl (C=O) groups excluding carboxylic acids is 10. The number of aliphatic hydroxyl groups excluding tert-OH is 1. The number of aromatic amines is 3. The molecule has 0 fully saturated rings. The minimum Gasteiger partial charge on any atom is -0.481 e. The lowest BCUT2D eigenvalue weighted by atomic mass is 10.0. The molecule has 3 heterocycles. The van der Waals surface area contributed by atoms with Crippen molar-refractivity contribution in [3.05, 3.63) is 90.3 Å². The van der Waals surface area contributed by atoms with E-state index in [-0.39, 0.29) is 44.4 Å². The zero-order valence-corrected chi connectivity index (χ0v) is 47.9. The minimum absolute atomic E-state index is 0.0262. The van der Waals surface area contributed by atoms with Gasteiger partial charge in [0, 0.05) is 78.2 Å². The molecule has 5 aromatic rings. The fourth-order valence-electron chi connectivity index (χ4n) is 9.38. The van der Waals surface area contributed by atoms with Crippen LogP contribution >= 0.6 is 0 Å². The van der Waals surface area contributed by atoms with Gasteiger partial charge in [-0.25, -0.2) is 4.98 Å². The smallest absolute Gasteiger partial charge is 0.303 e. The molecule has 2 aromatic carbocycles. The third-order valence-electron chi connectivity index (χ3n) is 14.0. The van der Waals surface area contributed by atoms with Crippen LogP contribution in [0.4, 0.5) is 0 Å². The van der Waals surface area contributed by atoms with E-state index in [1.807, 2.05) is 38.1 Å². The summed E-state index contributed by atoms with van der Waals surface area (Å²) in [7, 11) is 0. The first-order chi connectivity index (χ1) is 40.5. The number of hydrogen-bond acceptors (Lipinski definition) is 15. The highest BCUT2D eigenvalue weighted by Gasteiger charge is 2.36. The maximum Gasteiger partial charge on any atom is 0.303 e. The first-order valence-electron chi connectivity index (χ1n) is 28.1. The largest absolute Gasteiger partial charge is 0.481 e. The molecule has 10 atom stereocenters. The molecule has 9 amide bonds. The summed E-state index contributed by atoms with van der Waals surface area (Å²) in [4.78, 5) is 161. The van der Waals surface area contributed by atoms with Crippen LogP contribution < -0.4 is 59.7 Å². The first kappa shape index (κ1) is 66.8. The Labute approximate surface area is 489 Å². The number of nitrogens with one attached hydrogen (secondary N) is 11. The number of nitrogens with zero attached hydrogens (tertiary/aromatic N) is 1. The topological polar surface area (TPSA) is 463 Å². The average Bonchev–Trinajstić information content (AvgIpc) is 3.64. The van der Waals surface area contributed by atoms with Crippen LogP contribution in [0.15, 0.2) is 73.4 Å². The molecular formula is C57H79N15O13. The van der Waals surface area contributed by atoms with Gasteiger partial charge >= 0.3 is 5.97 Å². The van der Waals surface area contributed by atoms with Crippen molar-refractivity contribution >= 4 is 87.2 Å². The Kier molecular flexibility index (Phi) is 25.7. The van der Waals surface area contributed by atoms with Gasteiger partial charge in [-0.2, -0.15) is 0 Å². The molecule has 3 aromatic heterocycles. The van der Waals surface area contributed by atoms with E-state index in [9.17, 15) is 63.0 Å². The van der Waals surface area contributed by atoms with Gasteiger partial charge in [0.2, 0.25) is 53.2 Å². The number of imidazole rings is 1. The van der Waals surface area contributed by atoms with Gasteiger partial charge < -0.3 is 89.7 Å². The Morgan fingerprint density at radius 2 is 1.08 bits per heavy atom. The van der Waals surface area contributed by atoms with E-state index in [2.05, 4.69) is 62.5 Å². The Bertz CT molecular complexity index is 3110. The van der Waals surface area contributed by atoms with Gasteiger partial charge in [-0.05, 0) is 88.1 Å². The average molecular weight is 1180 g/mol. The van der Waals surface area contributed by atoms with Crippen molar-refractivity contribution in [3.8, 4) is 0 Å². The summed E-state index contributed by atoms with van der Waals surface area (Å²) in [5.74, 6) is -9.62. The number of aldehydes is 1. The van der Waals surface area contributed by atoms with E-state index in [1.165, 1.54) is 26.4 Å². The van der Waals surface area contributed by atoms with E-state index in [0.29, 0.717) is 42.5 Å². The second kappa shape index (κ2) is 32.7. The Balaban J connectivity index is 1.33. The fourth-order valence-corrected chi connectivity index (χ4v) is 9.38. The summed E-state index contributed by atoms with van der Waals surface area (Å²) in [6.45, 7) is 6.51. The van der Waals surface area contributed by atoms with E-state index in [4.69, 9.17) is 17.2 Å². The number of carbonyl (C=O) groups is 11. The van der Waals surface area contributed by atoms with Gasteiger partial charge in [-0.1, -0.05) is 50.2 Å². The van der Waals surface area contributed by atoms with Gasteiger partial charge in [-0.3, -0.25) is 47.9 Å². The number of rotatable bonds is 36. The van der Waals surface area contributed by atoms with Crippen LogP contribution in [0.25, 0.3) is 21.8 Å². The van der Waals surface area contributed by atoms with Crippen LogP contribution in [0.5, 0.6) is 0 Å². The molecule has 0 saturated carbocycles. The highest BCUT2D eigenvalue weighted by atomic mass is 16.4. The SMILES string of the molecule is CC(C)C[C@@H](N)C(=O)N[C@H](Cc1c[nH]c2ccccc12)C(=O)N[C@H](CCC(N)=O)C(=O)N[C@H](Cc1cnc[nH]1)C(=O)N[C@H](CCC(=O)O)C(=O)N[C@H](C)C(=O)N[C@@H](C(=O)N[C@H](Cc1c[nH]c2ccccc12)C(=O)N[C@@H](C=O)CCCCN)[C@H](C)O. The summed E-state index contributed by atoms with van der Waals surface area (Å²) < 4.78 is 0. The number of primary amides is 1. The van der Waals surface area contributed by atoms with E-state index in [0.717, 1.165) is 21.8 Å². The molecule has 0 aliphatic heterocycles. The number of aliphatic hydroxyl groups is 1. The number of aromatic nitrogens is 4. The molecule has 460 valence electrons. The van der Waals surface area contributed by atoms with Crippen LogP contribution in [0.3, 0.4) is 0 Å². The standard InChI is InChI=1S/C57H79N15O13/c1-30(2)21-39(59)51(79)69-45(23-34-26-63-41-15-8-6-13-38(34)41)55(83)67-42(16-18-47(60)75)53(81)70-46(24-36-27-61-29-64-36)56(84)68-43(17-19-48(76)77)52(80)65-31(3)50(78)72-49(32(4)74)57(85)71-44(54(82)66-35(28-73)11-9-10-20-58)22-33-25-62-40-14-7-5-12-37(33)40/h5-8,12-15,25-32,35,39,42-46,49,62-63,74H,9-11,16-24,58-59H2,1-4H3,(H2,60,75)(H,61,64)(H,65,80)(H,66,82)(H,67,83)(H,68,84)(H,69,79)(H,70,81)(H,71,85)(H,72,78)(H,76,77)/t31-,32+,35-,39-,42-,43-,44-,45-,46-,49-/m1/s1. The number of amides is 9. The van der Waals surface area contributed by atoms with Crippen molar-refractivity contribution in [2.45, 2.75) is 159 Å². The Morgan fingerprint density at radius 3 is 1.59 bits per heavy atom. The number of H-pyrrole nitrogens is 3. The Hall–Kier alpha value is -9.02. The summed E-state index contributed by atoms with van der Waals surface area (Å²) in [5, 5.41) is 42.3. The Morgan fingerprint density at radius 1 is 0.588 bits per heavy atom. The third kappa shape index (κ3) is 20.7. The fraction of sp³-hybridized carbons (Fsp3) is 0.474. The zero-order valence-electron chi connectivity index (χ0n) is 47.9. The molecule has 19 N–H and O–H groups in total. The molecule has 0 spiro atoms. The number of para-hydroxylation sites is 2. The summed E-state index contributed by atoms with van der Waals surface area (Å²) >= 11 is 0. The molecule has 0 aliphatic carbocycles. The lowest BCUT2D eigenvalue weighted by Crippen LogP contribution is -2.61. The molecule has 28 nitrogen and oxygen atoms in total. The summed E-state index contributed by atoms with van der Waals surface area (Å²) in [6, 6.07) is 1.71. The van der Waals surface area contributed by atoms with Crippen LogP contribution in [0, 0.1) is 5.92 Å². The number of aliphatic carboxylic acids is 1. The van der Waals surface area contributed by atoms with Crippen molar-refractivity contribution in [1.82, 2.24) is 62.5 Å². The molecule has 0 aliphatic rings. The van der Waals surface area contributed by atoms with Crippen molar-refractivity contribution in [1.29, 1.82) is 0 Å². The van der Waals surface area contributed by atoms with Gasteiger partial charge in [0.05, 0.1) is 24.5 Å². The van der Waals surface area contributed by atoms with Crippen LogP contribution in [0.1, 0.15) is 95.9 Å². The molecule has 0 saturated heterocycles. The third-order valence-corrected chi connectivity index (χ3v) is 14.0. The molecule has 85 heavy (non-hydrogen) atoms. The lowest BCUT2D eigenvalue weighted by molar-refractivity contribution is -0.138. The summed E-state index contributed by atoms with van der Waals surface area (Å²) in [5.41, 5.74) is 20.3. The maximum atomic E-state index is 14.4. The van der Waals surface area contributed by atoms with Crippen molar-refractivity contribution in [3.63, 3.8) is 0 Å². The van der Waals surface area contributed by atoms with Crippen LogP contribution in [-0.2, 0) is 72.0 Å². The van der Waals surface area contributed by atoms with Gasteiger partial charge in [-0.15, -0.1) is 0 Å². The van der Waals surface area contributed by atoms with Crippen LogP contribution in [0.2, 0.25) is 0 Å². The van der Waals surface area contributed by atoms with E-state index in [1.54, 1.807) is 36.7 Å². The molecule has 0 radical (unpaired) electrons. The van der Waals surface area contributed by atoms with Gasteiger partial charge in [0.25, 0.3) is 0 Å². The maximum absolute atomic E-state index is 14.4. The van der Waals surface area contributed by atoms with Crippen molar-refractivity contribution in [2.24, 2.45) is 23.1 Å². The van der Waals surface area contributed by atoms with Crippen molar-refractivity contribution < 1.29 is 63.0 Å². The number of fused-ring (bicyclic) bond motifs is 2. The number of carboxylic acids is 1. The molecular weight excluding hydrogens is 1100 g/mol. The number of nitrogens with two attached hydrogens (primary N) is 3. The molecule has 5 rings (SSSR count). The number of carboxylic acid groups (broad SMARTS) is 1. The van der Waals surface area contributed by atoms with Gasteiger partial charge in [0.1, 0.15) is 48.6 Å². The quantitative estimate of drug-likeness (QED) is 0.0160. The second-order valence-corrected chi connectivity index (χ2v) is 21.4. The molecule has 28 heteroatoms. The van der Waals surface area contributed by atoms with Crippen molar-refractivity contribution in [2.75, 3.05) is 6.54 Å². The highest BCUT2D eigenvalue weighted by Crippen LogP contribution is 2.21. The lowest BCUT2D eigenvalue weighted by Gasteiger charge is -2.28.